The Hall–Kier alpha value is -1.14. The maximum Gasteiger partial charge on any atom is 0.306 e. The van der Waals surface area contributed by atoms with Crippen molar-refractivity contribution in [1.29, 1.82) is 0 Å². The van der Waals surface area contributed by atoms with E-state index < -0.39 is 5.97 Å². The largest absolute Gasteiger partial charge is 0.481 e. The van der Waals surface area contributed by atoms with Crippen molar-refractivity contribution in [3.05, 3.63) is 0 Å². The Morgan fingerprint density at radius 3 is 1.85 bits per heavy atom. The van der Waals surface area contributed by atoms with Crippen LogP contribution in [0.2, 0.25) is 0 Å². The van der Waals surface area contributed by atoms with Crippen molar-refractivity contribution in [2.45, 2.75) is 142 Å². The third-order valence-corrected chi connectivity index (χ3v) is 6.44. The van der Waals surface area contributed by atoms with Crippen LogP contribution in [-0.4, -0.2) is 59.4 Å². The molecule has 202 valence electrons. The summed E-state index contributed by atoms with van der Waals surface area (Å²) in [5.41, 5.74) is 0. The zero-order valence-corrected chi connectivity index (χ0v) is 22.4. The van der Waals surface area contributed by atoms with Crippen molar-refractivity contribution in [2.24, 2.45) is 0 Å². The van der Waals surface area contributed by atoms with Gasteiger partial charge in [0.1, 0.15) is 6.10 Å². The lowest BCUT2D eigenvalue weighted by Gasteiger charge is -2.22. The van der Waals surface area contributed by atoms with Gasteiger partial charge in [0.05, 0.1) is 6.61 Å². The lowest BCUT2D eigenvalue weighted by atomic mass is 10.0. The molecule has 0 rings (SSSR count). The van der Waals surface area contributed by atoms with Crippen LogP contribution >= 0.6 is 0 Å². The van der Waals surface area contributed by atoms with E-state index >= 15 is 0 Å². The number of ether oxygens (including phenoxy) is 1. The van der Waals surface area contributed by atoms with Crippen molar-refractivity contribution in [3.8, 4) is 0 Å². The first kappa shape index (κ1) is 32.9. The molecule has 0 aliphatic heterocycles. The number of aliphatic hydroxyl groups excluding tert-OH is 1. The molecule has 0 bridgehead atoms. The van der Waals surface area contributed by atoms with Gasteiger partial charge in [0, 0.05) is 19.4 Å². The number of aliphatic carboxylic acids is 1. The van der Waals surface area contributed by atoms with Crippen LogP contribution in [0.4, 0.5) is 0 Å². The van der Waals surface area contributed by atoms with Crippen LogP contribution in [0.1, 0.15) is 136 Å². The molecular formula is C28H55NO5. The molecule has 0 aromatic carbocycles. The van der Waals surface area contributed by atoms with Gasteiger partial charge in [0.25, 0.3) is 0 Å². The molecule has 6 nitrogen and oxygen atoms in total. The Kier molecular flexibility index (Phi) is 24.1. The maximum atomic E-state index is 12.5. The second kappa shape index (κ2) is 25.0. The van der Waals surface area contributed by atoms with E-state index in [1.165, 1.54) is 44.9 Å². The van der Waals surface area contributed by atoms with Crippen LogP contribution in [0.15, 0.2) is 0 Å². The molecule has 0 spiro atoms. The van der Waals surface area contributed by atoms with Gasteiger partial charge in [-0.2, -0.15) is 0 Å². The van der Waals surface area contributed by atoms with Crippen LogP contribution in [0, 0.1) is 0 Å². The van der Waals surface area contributed by atoms with Crippen LogP contribution in [0.25, 0.3) is 0 Å². The number of rotatable bonds is 26. The minimum atomic E-state index is -0.720. The number of carboxylic acids is 1. The number of hydrogen-bond donors (Lipinski definition) is 2. The number of hydrogen-bond acceptors (Lipinski definition) is 5. The standard InChI is InChI=1S/C28H55NO5/c1-3-5-7-8-10-14-19-26(18-13-6-4-2)34-28(33)21-17-23-29(24-25-30)22-16-12-9-11-15-20-27(31)32/h26,30H,3-25H2,1-2H3,(H,31,32). The van der Waals surface area contributed by atoms with Gasteiger partial charge in [0.2, 0.25) is 0 Å². The van der Waals surface area contributed by atoms with E-state index in [4.69, 9.17) is 9.84 Å². The average molecular weight is 486 g/mol. The van der Waals surface area contributed by atoms with Gasteiger partial charge in [-0.3, -0.25) is 9.59 Å². The van der Waals surface area contributed by atoms with Crippen LogP contribution in [-0.2, 0) is 14.3 Å². The molecule has 0 aromatic rings. The Morgan fingerprint density at radius 2 is 1.21 bits per heavy atom. The number of carbonyl (C=O) groups excluding carboxylic acids is 1. The first-order valence-electron chi connectivity index (χ1n) is 14.3. The Balaban J connectivity index is 4.14. The molecule has 2 N–H and O–H groups in total. The smallest absolute Gasteiger partial charge is 0.306 e. The van der Waals surface area contributed by atoms with E-state index in [0.717, 1.165) is 77.3 Å². The van der Waals surface area contributed by atoms with Crippen molar-refractivity contribution in [1.82, 2.24) is 4.90 Å². The summed E-state index contributed by atoms with van der Waals surface area (Å²) in [5.74, 6) is -0.794. The first-order valence-corrected chi connectivity index (χ1v) is 14.3. The van der Waals surface area contributed by atoms with Gasteiger partial charge < -0.3 is 19.8 Å². The molecular weight excluding hydrogens is 430 g/mol. The molecule has 0 fully saturated rings. The number of carbonyl (C=O) groups is 2. The number of carboxylic acid groups (broad SMARTS) is 1. The molecule has 0 aromatic heterocycles. The Bertz CT molecular complexity index is 472. The summed E-state index contributed by atoms with van der Waals surface area (Å²) in [6, 6.07) is 0. The number of unbranched alkanes of at least 4 members (excludes halogenated alkanes) is 11. The quantitative estimate of drug-likeness (QED) is 0.104. The van der Waals surface area contributed by atoms with E-state index in [0.29, 0.717) is 13.0 Å². The zero-order chi connectivity index (χ0) is 25.3. The molecule has 34 heavy (non-hydrogen) atoms. The van der Waals surface area contributed by atoms with Gasteiger partial charge in [-0.25, -0.2) is 0 Å². The van der Waals surface area contributed by atoms with Crippen molar-refractivity contribution < 1.29 is 24.5 Å². The average Bonchev–Trinajstić information content (AvgIpc) is 2.80. The van der Waals surface area contributed by atoms with E-state index in [1.807, 2.05) is 0 Å². The molecule has 1 unspecified atom stereocenters. The topological polar surface area (TPSA) is 87.1 Å². The first-order chi connectivity index (χ1) is 16.5. The normalized spacial score (nSPS) is 12.2. The summed E-state index contributed by atoms with van der Waals surface area (Å²) in [7, 11) is 0. The lowest BCUT2D eigenvalue weighted by molar-refractivity contribution is -0.150. The second-order valence-corrected chi connectivity index (χ2v) is 9.74. The minimum Gasteiger partial charge on any atom is -0.481 e. The van der Waals surface area contributed by atoms with Gasteiger partial charge in [0.15, 0.2) is 0 Å². The Morgan fingerprint density at radius 1 is 0.676 bits per heavy atom. The minimum absolute atomic E-state index is 0.0693. The van der Waals surface area contributed by atoms with Crippen molar-refractivity contribution in [3.63, 3.8) is 0 Å². The summed E-state index contributed by atoms with van der Waals surface area (Å²) < 4.78 is 5.87. The monoisotopic (exact) mass is 485 g/mol. The zero-order valence-electron chi connectivity index (χ0n) is 22.4. The maximum absolute atomic E-state index is 12.5. The molecule has 6 heteroatoms. The SMILES string of the molecule is CCCCCCCCC(CCCCC)OC(=O)CCCN(CCO)CCCCCCCC(=O)O. The van der Waals surface area contributed by atoms with E-state index in [9.17, 15) is 14.7 Å². The van der Waals surface area contributed by atoms with E-state index in [-0.39, 0.29) is 25.1 Å². The summed E-state index contributed by atoms with van der Waals surface area (Å²) >= 11 is 0. The highest BCUT2D eigenvalue weighted by Crippen LogP contribution is 2.17. The number of nitrogens with zero attached hydrogens (tertiary/aromatic N) is 1. The van der Waals surface area contributed by atoms with Crippen LogP contribution in [0.5, 0.6) is 0 Å². The highest BCUT2D eigenvalue weighted by molar-refractivity contribution is 5.69. The molecule has 0 aliphatic carbocycles. The second-order valence-electron chi connectivity index (χ2n) is 9.74. The number of esters is 1. The van der Waals surface area contributed by atoms with Gasteiger partial charge in [-0.1, -0.05) is 78.1 Å². The molecule has 1 atom stereocenters. The summed E-state index contributed by atoms with van der Waals surface area (Å²) in [6.45, 7) is 6.90. The number of aliphatic hydroxyl groups is 1. The molecule has 0 saturated heterocycles. The highest BCUT2D eigenvalue weighted by Gasteiger charge is 2.15. The summed E-state index contributed by atoms with van der Waals surface area (Å²) in [5, 5.41) is 18.0. The summed E-state index contributed by atoms with van der Waals surface area (Å²) in [6.07, 6.45) is 19.4. The molecule has 0 saturated carbocycles. The van der Waals surface area contributed by atoms with E-state index in [2.05, 4.69) is 18.7 Å². The Labute approximate surface area is 209 Å². The molecule has 0 heterocycles. The van der Waals surface area contributed by atoms with Gasteiger partial charge >= 0.3 is 11.9 Å². The fourth-order valence-electron chi connectivity index (χ4n) is 4.35. The van der Waals surface area contributed by atoms with Crippen LogP contribution in [0.3, 0.4) is 0 Å². The summed E-state index contributed by atoms with van der Waals surface area (Å²) in [4.78, 5) is 25.2. The van der Waals surface area contributed by atoms with E-state index in [1.54, 1.807) is 0 Å². The molecule has 0 amide bonds. The lowest BCUT2D eigenvalue weighted by Crippen LogP contribution is -2.29. The van der Waals surface area contributed by atoms with Gasteiger partial charge in [-0.05, 0) is 58.0 Å². The third-order valence-electron chi connectivity index (χ3n) is 6.44. The third kappa shape index (κ3) is 22.6. The van der Waals surface area contributed by atoms with Crippen LogP contribution < -0.4 is 0 Å². The fraction of sp³-hybridized carbons (Fsp3) is 0.929. The fourth-order valence-corrected chi connectivity index (χ4v) is 4.35. The highest BCUT2D eigenvalue weighted by atomic mass is 16.5. The van der Waals surface area contributed by atoms with Gasteiger partial charge in [-0.15, -0.1) is 0 Å². The predicted molar refractivity (Wildman–Crippen MR) is 140 cm³/mol. The molecule has 0 radical (unpaired) electrons. The van der Waals surface area contributed by atoms with Crippen molar-refractivity contribution >= 4 is 11.9 Å². The molecule has 0 aliphatic rings. The van der Waals surface area contributed by atoms with Crippen molar-refractivity contribution in [2.75, 3.05) is 26.2 Å². The predicted octanol–water partition coefficient (Wildman–Crippen LogP) is 6.73.